The predicted molar refractivity (Wildman–Crippen MR) is 94.4 cm³/mol. The first-order valence-electron chi connectivity index (χ1n) is 9.44. The maximum atomic E-state index is 12.0. The topological polar surface area (TPSA) is 43.8 Å². The Labute approximate surface area is 144 Å². The first-order chi connectivity index (χ1) is 11.6. The molecular formula is C20H28N2O2. The summed E-state index contributed by atoms with van der Waals surface area (Å²) in [5, 5.41) is 9.86. The SMILES string of the molecule is CC(Cc1cccc(C2CC2)c1)N(C(=O)O)C1CN2CCC1CC2. The van der Waals surface area contributed by atoms with Crippen molar-refractivity contribution in [3.63, 3.8) is 0 Å². The average Bonchev–Trinajstić information content (AvgIpc) is 3.41. The Morgan fingerprint density at radius 1 is 1.29 bits per heavy atom. The molecule has 1 aromatic carbocycles. The third kappa shape index (κ3) is 3.16. The highest BCUT2D eigenvalue weighted by atomic mass is 16.4. The summed E-state index contributed by atoms with van der Waals surface area (Å²) in [5.74, 6) is 1.30. The summed E-state index contributed by atoms with van der Waals surface area (Å²) in [7, 11) is 0. The molecule has 1 saturated carbocycles. The minimum atomic E-state index is -0.750. The molecule has 3 heterocycles. The fourth-order valence-electron chi connectivity index (χ4n) is 4.74. The van der Waals surface area contributed by atoms with E-state index >= 15 is 0 Å². The van der Waals surface area contributed by atoms with Gasteiger partial charge < -0.3 is 14.9 Å². The molecule has 0 spiro atoms. The molecule has 2 bridgehead atoms. The zero-order valence-corrected chi connectivity index (χ0v) is 14.5. The van der Waals surface area contributed by atoms with Crippen molar-refractivity contribution in [3.05, 3.63) is 35.4 Å². The van der Waals surface area contributed by atoms with E-state index in [1.165, 1.54) is 24.0 Å². The fourth-order valence-corrected chi connectivity index (χ4v) is 4.74. The third-order valence-electron chi connectivity index (χ3n) is 6.21. The summed E-state index contributed by atoms with van der Waals surface area (Å²) in [4.78, 5) is 16.2. The van der Waals surface area contributed by atoms with Gasteiger partial charge in [0.05, 0.1) is 6.04 Å². The molecule has 2 unspecified atom stereocenters. The van der Waals surface area contributed by atoms with Crippen LogP contribution in [0, 0.1) is 5.92 Å². The normalized spacial score (nSPS) is 30.1. The molecule has 4 nitrogen and oxygen atoms in total. The van der Waals surface area contributed by atoms with E-state index in [4.69, 9.17) is 0 Å². The Morgan fingerprint density at radius 3 is 2.62 bits per heavy atom. The van der Waals surface area contributed by atoms with E-state index < -0.39 is 6.09 Å². The van der Waals surface area contributed by atoms with Crippen molar-refractivity contribution in [3.8, 4) is 0 Å². The van der Waals surface area contributed by atoms with Gasteiger partial charge >= 0.3 is 6.09 Å². The highest BCUT2D eigenvalue weighted by Crippen LogP contribution is 2.40. The van der Waals surface area contributed by atoms with Crippen LogP contribution in [-0.4, -0.2) is 52.7 Å². The molecule has 1 aromatic rings. The lowest BCUT2D eigenvalue weighted by molar-refractivity contribution is -0.00340. The van der Waals surface area contributed by atoms with Crippen LogP contribution in [0.1, 0.15) is 49.7 Å². The third-order valence-corrected chi connectivity index (χ3v) is 6.21. The van der Waals surface area contributed by atoms with Crippen LogP contribution in [0.25, 0.3) is 0 Å². The number of hydrogen-bond acceptors (Lipinski definition) is 2. The summed E-state index contributed by atoms with van der Waals surface area (Å²) in [6, 6.07) is 9.00. The van der Waals surface area contributed by atoms with E-state index in [0.717, 1.165) is 44.8 Å². The Balaban J connectivity index is 1.49. The van der Waals surface area contributed by atoms with Gasteiger partial charge in [-0.25, -0.2) is 4.79 Å². The van der Waals surface area contributed by atoms with Gasteiger partial charge in [-0.05, 0) is 75.1 Å². The number of hydrogen-bond donors (Lipinski definition) is 1. The minimum absolute atomic E-state index is 0.0301. The van der Waals surface area contributed by atoms with Crippen molar-refractivity contribution < 1.29 is 9.90 Å². The molecule has 4 aliphatic rings. The van der Waals surface area contributed by atoms with Gasteiger partial charge in [-0.1, -0.05) is 24.3 Å². The lowest BCUT2D eigenvalue weighted by Gasteiger charge is -2.49. The summed E-state index contributed by atoms with van der Waals surface area (Å²) in [6.45, 7) is 5.29. The molecule has 130 valence electrons. The van der Waals surface area contributed by atoms with Gasteiger partial charge in [0.1, 0.15) is 0 Å². The molecule has 3 aliphatic heterocycles. The smallest absolute Gasteiger partial charge is 0.407 e. The van der Waals surface area contributed by atoms with Crippen LogP contribution in [0.3, 0.4) is 0 Å². The zero-order chi connectivity index (χ0) is 16.7. The molecule has 0 radical (unpaired) electrons. The molecule has 2 atom stereocenters. The van der Waals surface area contributed by atoms with Crippen molar-refractivity contribution in [1.29, 1.82) is 0 Å². The van der Waals surface area contributed by atoms with Crippen LogP contribution in [0.5, 0.6) is 0 Å². The number of benzene rings is 1. The number of fused-ring (bicyclic) bond motifs is 3. The van der Waals surface area contributed by atoms with Crippen LogP contribution in [-0.2, 0) is 6.42 Å². The van der Waals surface area contributed by atoms with Crippen LogP contribution in [0.2, 0.25) is 0 Å². The predicted octanol–water partition coefficient (Wildman–Crippen LogP) is 3.57. The highest BCUT2D eigenvalue weighted by molar-refractivity contribution is 5.66. The molecule has 24 heavy (non-hydrogen) atoms. The molecule has 3 saturated heterocycles. The molecule has 4 heteroatoms. The van der Waals surface area contributed by atoms with Crippen LogP contribution in [0.15, 0.2) is 24.3 Å². The first-order valence-corrected chi connectivity index (χ1v) is 9.44. The number of nitrogens with zero attached hydrogens (tertiary/aromatic N) is 2. The first kappa shape index (κ1) is 15.9. The van der Waals surface area contributed by atoms with E-state index in [2.05, 4.69) is 36.1 Å². The lowest BCUT2D eigenvalue weighted by Crippen LogP contribution is -2.60. The number of carbonyl (C=O) groups is 1. The van der Waals surface area contributed by atoms with Crippen molar-refractivity contribution >= 4 is 6.09 Å². The monoisotopic (exact) mass is 328 g/mol. The second-order valence-electron chi connectivity index (χ2n) is 7.97. The van der Waals surface area contributed by atoms with Crippen LogP contribution < -0.4 is 0 Å². The number of amides is 1. The van der Waals surface area contributed by atoms with Gasteiger partial charge in [0.25, 0.3) is 0 Å². The molecule has 0 aromatic heterocycles. The highest BCUT2D eigenvalue weighted by Gasteiger charge is 2.41. The van der Waals surface area contributed by atoms with Gasteiger partial charge in [0, 0.05) is 12.6 Å². The Morgan fingerprint density at radius 2 is 2.04 bits per heavy atom. The van der Waals surface area contributed by atoms with E-state index in [0.29, 0.717) is 5.92 Å². The van der Waals surface area contributed by atoms with Crippen molar-refractivity contribution in [2.75, 3.05) is 19.6 Å². The number of rotatable bonds is 5. The summed E-state index contributed by atoms with van der Waals surface area (Å²) in [5.41, 5.74) is 2.71. The standard InChI is InChI=1S/C20H28N2O2/c1-14(11-15-3-2-4-18(12-15)16-5-6-16)22(20(23)24)19-13-21-9-7-17(19)8-10-21/h2-4,12,14,16-17,19H,5-11,13H2,1H3,(H,23,24). The molecule has 1 aliphatic carbocycles. The fraction of sp³-hybridized carbons (Fsp3) is 0.650. The van der Waals surface area contributed by atoms with Crippen molar-refractivity contribution in [1.82, 2.24) is 9.80 Å². The average molecular weight is 328 g/mol. The second kappa shape index (κ2) is 6.40. The van der Waals surface area contributed by atoms with Gasteiger partial charge in [0.2, 0.25) is 0 Å². The molecule has 4 fully saturated rings. The molecule has 1 amide bonds. The maximum Gasteiger partial charge on any atom is 0.407 e. The largest absolute Gasteiger partial charge is 0.465 e. The summed E-state index contributed by atoms with van der Waals surface area (Å²) >= 11 is 0. The minimum Gasteiger partial charge on any atom is -0.465 e. The zero-order valence-electron chi connectivity index (χ0n) is 14.5. The van der Waals surface area contributed by atoms with Gasteiger partial charge in [0.15, 0.2) is 0 Å². The quantitative estimate of drug-likeness (QED) is 0.898. The Hall–Kier alpha value is -1.55. The molecule has 5 rings (SSSR count). The van der Waals surface area contributed by atoms with Crippen molar-refractivity contribution in [2.24, 2.45) is 5.92 Å². The summed E-state index contributed by atoms with van der Waals surface area (Å²) in [6.07, 6.45) is 4.98. The van der Waals surface area contributed by atoms with Gasteiger partial charge in [-0.2, -0.15) is 0 Å². The molecular weight excluding hydrogens is 300 g/mol. The van der Waals surface area contributed by atoms with Crippen LogP contribution >= 0.6 is 0 Å². The van der Waals surface area contributed by atoms with E-state index in [1.807, 2.05) is 0 Å². The number of carboxylic acid groups (broad SMARTS) is 1. The van der Waals surface area contributed by atoms with E-state index in [1.54, 1.807) is 4.90 Å². The van der Waals surface area contributed by atoms with Crippen molar-refractivity contribution in [2.45, 2.75) is 57.0 Å². The maximum absolute atomic E-state index is 12.0. The molecule has 1 N–H and O–H groups in total. The van der Waals surface area contributed by atoms with Gasteiger partial charge in [-0.3, -0.25) is 0 Å². The lowest BCUT2D eigenvalue weighted by atomic mass is 9.82. The Kier molecular flexibility index (Phi) is 4.25. The Bertz CT molecular complexity index is 605. The van der Waals surface area contributed by atoms with E-state index in [-0.39, 0.29) is 12.1 Å². The van der Waals surface area contributed by atoms with Crippen LogP contribution in [0.4, 0.5) is 4.79 Å². The van der Waals surface area contributed by atoms with Gasteiger partial charge in [-0.15, -0.1) is 0 Å². The second-order valence-corrected chi connectivity index (χ2v) is 7.97. The number of piperidine rings is 3. The summed E-state index contributed by atoms with van der Waals surface area (Å²) < 4.78 is 0. The van der Waals surface area contributed by atoms with E-state index in [9.17, 15) is 9.90 Å².